The van der Waals surface area contributed by atoms with E-state index in [4.69, 9.17) is 5.73 Å². The van der Waals surface area contributed by atoms with Gasteiger partial charge in [-0.05, 0) is 29.7 Å². The zero-order valence-electron chi connectivity index (χ0n) is 12.6. The van der Waals surface area contributed by atoms with Crippen molar-refractivity contribution in [2.75, 3.05) is 0 Å². The molecular weight excluding hydrogens is 264 g/mol. The maximum Gasteiger partial charge on any atom is 0.0967 e. The molecule has 0 saturated heterocycles. The molecule has 0 fully saturated rings. The van der Waals surface area contributed by atoms with E-state index in [9.17, 15) is 0 Å². The molecule has 1 heterocycles. The zero-order valence-corrected chi connectivity index (χ0v) is 13.4. The van der Waals surface area contributed by atoms with E-state index in [1.807, 2.05) is 24.4 Å². The fourth-order valence-corrected chi connectivity index (χ4v) is 3.04. The van der Waals surface area contributed by atoms with Gasteiger partial charge in [-0.2, -0.15) is 0 Å². The van der Waals surface area contributed by atoms with Gasteiger partial charge in [-0.15, -0.1) is 11.8 Å². The number of pyridine rings is 1. The molecule has 1 aromatic heterocycles. The number of nitrogens with zero attached hydrogens (tertiary/aromatic N) is 1. The third-order valence-corrected chi connectivity index (χ3v) is 4.08. The molecule has 0 unspecified atom stereocenters. The van der Waals surface area contributed by atoms with Crippen LogP contribution in [0.2, 0.25) is 0 Å². The molecule has 1 aromatic carbocycles. The summed E-state index contributed by atoms with van der Waals surface area (Å²) in [6.07, 6.45) is 1.92. The van der Waals surface area contributed by atoms with E-state index in [1.54, 1.807) is 11.8 Å². The van der Waals surface area contributed by atoms with Gasteiger partial charge >= 0.3 is 0 Å². The summed E-state index contributed by atoms with van der Waals surface area (Å²) in [6, 6.07) is 12.2. The molecule has 0 amide bonds. The van der Waals surface area contributed by atoms with Crippen molar-refractivity contribution in [2.45, 2.75) is 43.5 Å². The van der Waals surface area contributed by atoms with Crippen molar-refractivity contribution in [3.8, 4) is 0 Å². The van der Waals surface area contributed by atoms with E-state index in [0.717, 1.165) is 16.2 Å². The summed E-state index contributed by atoms with van der Waals surface area (Å²) in [5.41, 5.74) is 9.76. The van der Waals surface area contributed by atoms with Crippen molar-refractivity contribution in [1.82, 2.24) is 4.98 Å². The monoisotopic (exact) mass is 286 g/mol. The second-order valence-corrected chi connectivity index (χ2v) is 7.83. The number of hydrogen-bond donors (Lipinski definition) is 1. The second kappa shape index (κ2) is 5.98. The van der Waals surface area contributed by atoms with Crippen molar-refractivity contribution in [3.05, 3.63) is 59.3 Å². The Labute approximate surface area is 125 Å². The summed E-state index contributed by atoms with van der Waals surface area (Å²) in [4.78, 5) is 4.55. The van der Waals surface area contributed by atoms with Gasteiger partial charge in [0.2, 0.25) is 0 Å². The Hall–Kier alpha value is -1.32. The molecule has 0 aliphatic carbocycles. The molecule has 0 radical (unpaired) electrons. The molecule has 0 bridgehead atoms. The molecule has 1 atom stereocenters. The highest BCUT2D eigenvalue weighted by atomic mass is 32.2. The summed E-state index contributed by atoms with van der Waals surface area (Å²) in [5.74, 6) is 0. The lowest BCUT2D eigenvalue weighted by Gasteiger charge is -2.19. The zero-order chi connectivity index (χ0) is 14.8. The number of benzene rings is 1. The van der Waals surface area contributed by atoms with Crippen LogP contribution in [0.1, 0.15) is 43.5 Å². The van der Waals surface area contributed by atoms with Crippen LogP contribution in [-0.2, 0) is 0 Å². The molecule has 20 heavy (non-hydrogen) atoms. The van der Waals surface area contributed by atoms with Gasteiger partial charge in [-0.3, -0.25) is 0 Å². The molecule has 0 aliphatic rings. The van der Waals surface area contributed by atoms with Crippen LogP contribution in [0.5, 0.6) is 0 Å². The average Bonchev–Trinajstić information content (AvgIpc) is 2.37. The highest BCUT2D eigenvalue weighted by molar-refractivity contribution is 8.00. The second-order valence-electron chi connectivity index (χ2n) is 5.98. The van der Waals surface area contributed by atoms with Crippen molar-refractivity contribution in [1.29, 1.82) is 0 Å². The minimum atomic E-state index is -0.114. The summed E-state index contributed by atoms with van der Waals surface area (Å²) >= 11 is 1.78. The summed E-state index contributed by atoms with van der Waals surface area (Å²) in [6.45, 7) is 8.68. The smallest absolute Gasteiger partial charge is 0.0967 e. The first-order chi connectivity index (χ1) is 9.37. The molecule has 2 aromatic rings. The van der Waals surface area contributed by atoms with Crippen molar-refractivity contribution in [3.63, 3.8) is 0 Å². The number of aryl methyl sites for hydroxylation is 1. The van der Waals surface area contributed by atoms with Crippen molar-refractivity contribution < 1.29 is 0 Å². The van der Waals surface area contributed by atoms with Crippen LogP contribution in [0.25, 0.3) is 0 Å². The summed E-state index contributed by atoms with van der Waals surface area (Å²) in [7, 11) is 0. The van der Waals surface area contributed by atoms with E-state index in [2.05, 4.69) is 50.9 Å². The largest absolute Gasteiger partial charge is 0.320 e. The standard InChI is InChI=1S/C17H22N2S/c1-12-10-15(20-17(2,3)4)19-11-14(12)16(18)13-8-6-5-7-9-13/h5-11,16H,18H2,1-4H3/t16-/m1/s1. The third kappa shape index (κ3) is 3.84. The maximum absolute atomic E-state index is 6.35. The third-order valence-electron chi connectivity index (χ3n) is 3.03. The molecular formula is C17H22N2S. The first-order valence-electron chi connectivity index (χ1n) is 6.83. The molecule has 0 aliphatic heterocycles. The van der Waals surface area contributed by atoms with Gasteiger partial charge < -0.3 is 5.73 Å². The van der Waals surface area contributed by atoms with Crippen molar-refractivity contribution in [2.24, 2.45) is 5.73 Å². The predicted octanol–water partition coefficient (Wildman–Crippen LogP) is 4.33. The highest BCUT2D eigenvalue weighted by Gasteiger charge is 2.16. The molecule has 3 heteroatoms. The first-order valence-corrected chi connectivity index (χ1v) is 7.64. The van der Waals surface area contributed by atoms with E-state index < -0.39 is 0 Å². The minimum absolute atomic E-state index is 0.114. The Morgan fingerprint density at radius 1 is 1.15 bits per heavy atom. The number of hydrogen-bond acceptors (Lipinski definition) is 3. The van der Waals surface area contributed by atoms with Gasteiger partial charge in [0.25, 0.3) is 0 Å². The summed E-state index contributed by atoms with van der Waals surface area (Å²) in [5, 5.41) is 1.05. The highest BCUT2D eigenvalue weighted by Crippen LogP contribution is 2.32. The van der Waals surface area contributed by atoms with Crippen LogP contribution < -0.4 is 5.73 Å². The fraction of sp³-hybridized carbons (Fsp3) is 0.353. The van der Waals surface area contributed by atoms with Gasteiger partial charge in [0, 0.05) is 10.9 Å². The Morgan fingerprint density at radius 2 is 1.80 bits per heavy atom. The van der Waals surface area contributed by atoms with Crippen LogP contribution in [0.15, 0.2) is 47.6 Å². The first kappa shape index (κ1) is 15.1. The predicted molar refractivity (Wildman–Crippen MR) is 87.1 cm³/mol. The molecule has 2 N–H and O–H groups in total. The SMILES string of the molecule is Cc1cc(SC(C)(C)C)ncc1[C@H](N)c1ccccc1. The lowest BCUT2D eigenvalue weighted by molar-refractivity contribution is 0.796. The number of aromatic nitrogens is 1. The van der Waals surface area contributed by atoms with Crippen LogP contribution in [0, 0.1) is 6.92 Å². The van der Waals surface area contributed by atoms with Gasteiger partial charge in [-0.25, -0.2) is 4.98 Å². The van der Waals surface area contributed by atoms with E-state index in [0.29, 0.717) is 0 Å². The van der Waals surface area contributed by atoms with Crippen molar-refractivity contribution >= 4 is 11.8 Å². The van der Waals surface area contributed by atoms with E-state index in [-0.39, 0.29) is 10.8 Å². The van der Waals surface area contributed by atoms with E-state index >= 15 is 0 Å². The number of thioether (sulfide) groups is 1. The van der Waals surface area contributed by atoms with Crippen LogP contribution >= 0.6 is 11.8 Å². The molecule has 0 saturated carbocycles. The Kier molecular flexibility index (Phi) is 4.51. The van der Waals surface area contributed by atoms with Crippen LogP contribution in [0.4, 0.5) is 0 Å². The lowest BCUT2D eigenvalue weighted by Crippen LogP contribution is -2.14. The van der Waals surface area contributed by atoms with Gasteiger partial charge in [-0.1, -0.05) is 51.1 Å². The Morgan fingerprint density at radius 3 is 2.35 bits per heavy atom. The Balaban J connectivity index is 2.26. The van der Waals surface area contributed by atoms with Gasteiger partial charge in [0.1, 0.15) is 0 Å². The summed E-state index contributed by atoms with van der Waals surface area (Å²) < 4.78 is 0.169. The molecule has 2 nitrogen and oxygen atoms in total. The lowest BCUT2D eigenvalue weighted by atomic mass is 9.98. The average molecular weight is 286 g/mol. The normalized spacial score (nSPS) is 13.2. The number of nitrogens with two attached hydrogens (primary N) is 1. The molecule has 106 valence electrons. The van der Waals surface area contributed by atoms with Gasteiger partial charge in [0.15, 0.2) is 0 Å². The van der Waals surface area contributed by atoms with E-state index in [1.165, 1.54) is 5.56 Å². The molecule has 0 spiro atoms. The Bertz CT molecular complexity index is 573. The minimum Gasteiger partial charge on any atom is -0.320 e. The topological polar surface area (TPSA) is 38.9 Å². The number of rotatable bonds is 3. The van der Waals surface area contributed by atoms with Gasteiger partial charge in [0.05, 0.1) is 11.1 Å². The maximum atomic E-state index is 6.35. The molecule has 2 rings (SSSR count). The van der Waals surface area contributed by atoms with Crippen LogP contribution in [0.3, 0.4) is 0 Å². The fourth-order valence-electron chi connectivity index (χ4n) is 2.08. The quantitative estimate of drug-likeness (QED) is 0.854. The van der Waals surface area contributed by atoms with Crippen LogP contribution in [-0.4, -0.2) is 9.73 Å².